The minimum atomic E-state index is 0.361. The van der Waals surface area contributed by atoms with E-state index in [0.29, 0.717) is 30.1 Å². The molecule has 0 unspecified atom stereocenters. The van der Waals surface area contributed by atoms with Crippen molar-refractivity contribution < 1.29 is 9.15 Å². The second-order valence-electron chi connectivity index (χ2n) is 7.99. The number of hydrogen-bond acceptors (Lipinski definition) is 7. The smallest absolute Gasteiger partial charge is 0.247 e. The molecular weight excluding hydrogens is 502 g/mol. The summed E-state index contributed by atoms with van der Waals surface area (Å²) >= 11 is 4.97. The lowest BCUT2D eigenvalue weighted by atomic mass is 10.2. The summed E-state index contributed by atoms with van der Waals surface area (Å²) in [5.41, 5.74) is 2.17. The van der Waals surface area contributed by atoms with E-state index in [1.807, 2.05) is 36.4 Å². The van der Waals surface area contributed by atoms with Gasteiger partial charge in [0.25, 0.3) is 0 Å². The molecule has 0 spiro atoms. The molecular formula is C24H26BrN5O2S. The number of halogens is 1. The molecule has 0 amide bonds. The maximum atomic E-state index is 5.97. The maximum Gasteiger partial charge on any atom is 0.247 e. The average Bonchev–Trinajstić information content (AvgIpc) is 3.44. The van der Waals surface area contributed by atoms with Crippen LogP contribution in [0.1, 0.15) is 38.0 Å². The Bertz CT molecular complexity index is 1170. The minimum absolute atomic E-state index is 0.361. The third-order valence-electron chi connectivity index (χ3n) is 4.92. The van der Waals surface area contributed by atoms with Gasteiger partial charge in [0.05, 0.1) is 5.75 Å². The molecule has 0 aliphatic heterocycles. The first-order chi connectivity index (χ1) is 16.0. The zero-order valence-electron chi connectivity index (χ0n) is 18.9. The molecule has 172 valence electrons. The molecule has 4 rings (SSSR count). The van der Waals surface area contributed by atoms with E-state index in [9.17, 15) is 0 Å². The van der Waals surface area contributed by atoms with Gasteiger partial charge in [0, 0.05) is 16.6 Å². The molecule has 0 saturated heterocycles. The van der Waals surface area contributed by atoms with E-state index < -0.39 is 0 Å². The van der Waals surface area contributed by atoms with Crippen molar-refractivity contribution >= 4 is 27.7 Å². The van der Waals surface area contributed by atoms with Gasteiger partial charge in [-0.15, -0.1) is 20.4 Å². The van der Waals surface area contributed by atoms with Crippen LogP contribution in [0.5, 0.6) is 5.75 Å². The van der Waals surface area contributed by atoms with Crippen LogP contribution in [0, 0.1) is 5.92 Å². The van der Waals surface area contributed by atoms with Crippen molar-refractivity contribution in [3.8, 4) is 17.2 Å². The lowest BCUT2D eigenvalue weighted by Gasteiger charge is -2.13. The first kappa shape index (κ1) is 23.5. The molecule has 7 nitrogen and oxygen atoms in total. The minimum Gasteiger partial charge on any atom is -0.486 e. The molecule has 0 radical (unpaired) electrons. The summed E-state index contributed by atoms with van der Waals surface area (Å²) in [7, 11) is 0. The van der Waals surface area contributed by atoms with Crippen LogP contribution in [-0.2, 0) is 25.3 Å². The van der Waals surface area contributed by atoms with E-state index in [0.717, 1.165) is 39.7 Å². The number of thioether (sulfide) groups is 1. The Morgan fingerprint density at radius 3 is 2.45 bits per heavy atom. The van der Waals surface area contributed by atoms with Crippen LogP contribution in [0.3, 0.4) is 0 Å². The zero-order chi connectivity index (χ0) is 23.2. The summed E-state index contributed by atoms with van der Waals surface area (Å²) in [4.78, 5) is 0. The molecule has 4 aromatic rings. The second kappa shape index (κ2) is 11.0. The van der Waals surface area contributed by atoms with Gasteiger partial charge in [0.1, 0.15) is 12.4 Å². The van der Waals surface area contributed by atoms with Gasteiger partial charge in [-0.1, -0.05) is 60.6 Å². The lowest BCUT2D eigenvalue weighted by Crippen LogP contribution is -2.12. The van der Waals surface area contributed by atoms with Crippen LogP contribution in [0.15, 0.2) is 62.6 Å². The van der Waals surface area contributed by atoms with Crippen LogP contribution in [-0.4, -0.2) is 25.0 Å². The van der Waals surface area contributed by atoms with Crippen LogP contribution < -0.4 is 4.74 Å². The molecule has 0 aliphatic rings. The summed E-state index contributed by atoms with van der Waals surface area (Å²) in [6.45, 7) is 7.65. The molecule has 0 bridgehead atoms. The number of ether oxygens (including phenoxy) is 1. The number of aromatic nitrogens is 5. The summed E-state index contributed by atoms with van der Waals surface area (Å²) < 4.78 is 14.9. The van der Waals surface area contributed by atoms with E-state index in [-0.39, 0.29) is 0 Å². The number of benzene rings is 2. The van der Waals surface area contributed by atoms with Crippen LogP contribution in [0.25, 0.3) is 11.5 Å². The van der Waals surface area contributed by atoms with Crippen LogP contribution >= 0.6 is 27.7 Å². The number of nitrogens with zero attached hydrogens (tertiary/aromatic N) is 5. The third kappa shape index (κ3) is 6.23. The van der Waals surface area contributed by atoms with E-state index in [4.69, 9.17) is 9.15 Å². The first-order valence-electron chi connectivity index (χ1n) is 10.9. The highest BCUT2D eigenvalue weighted by molar-refractivity contribution is 9.10. The van der Waals surface area contributed by atoms with Crippen molar-refractivity contribution in [3.05, 3.63) is 70.3 Å². The lowest BCUT2D eigenvalue weighted by molar-refractivity contribution is 0.284. The Kier molecular flexibility index (Phi) is 7.82. The van der Waals surface area contributed by atoms with Gasteiger partial charge in [-0.3, -0.25) is 0 Å². The molecule has 2 aromatic heterocycles. The van der Waals surface area contributed by atoms with E-state index in [1.165, 1.54) is 17.3 Å². The molecule has 2 heterocycles. The van der Waals surface area contributed by atoms with Crippen molar-refractivity contribution in [2.24, 2.45) is 5.92 Å². The number of aryl methyl sites for hydroxylation is 1. The fourth-order valence-corrected chi connectivity index (χ4v) is 4.27. The number of hydrogen-bond donors (Lipinski definition) is 0. The van der Waals surface area contributed by atoms with Gasteiger partial charge in [0.2, 0.25) is 11.8 Å². The highest BCUT2D eigenvalue weighted by Crippen LogP contribution is 2.26. The Balaban J connectivity index is 1.42. The van der Waals surface area contributed by atoms with E-state index in [1.54, 1.807) is 0 Å². The van der Waals surface area contributed by atoms with Crippen molar-refractivity contribution in [1.82, 2.24) is 25.0 Å². The van der Waals surface area contributed by atoms with Gasteiger partial charge in [-0.05, 0) is 54.3 Å². The predicted octanol–water partition coefficient (Wildman–Crippen LogP) is 6.18. The van der Waals surface area contributed by atoms with Crippen LogP contribution in [0.2, 0.25) is 0 Å². The molecule has 9 heteroatoms. The molecule has 0 atom stereocenters. The van der Waals surface area contributed by atoms with Gasteiger partial charge in [0.15, 0.2) is 11.0 Å². The Morgan fingerprint density at radius 2 is 1.76 bits per heavy atom. The standard InChI is InChI=1S/C24H26BrN5O2S/c1-4-17-5-11-20(12-6-17)31-14-21-26-29-24(30(21)13-16(2)3)33-15-22-27-28-23(32-22)18-7-9-19(25)10-8-18/h5-12,16H,4,13-15H2,1-3H3. The monoisotopic (exact) mass is 527 g/mol. The molecule has 0 N–H and O–H groups in total. The largest absolute Gasteiger partial charge is 0.486 e. The van der Waals surface area contributed by atoms with Crippen molar-refractivity contribution in [3.63, 3.8) is 0 Å². The Hall–Kier alpha value is -2.65. The van der Waals surface area contributed by atoms with Gasteiger partial charge < -0.3 is 13.7 Å². The summed E-state index contributed by atoms with van der Waals surface area (Å²) in [5.74, 6) is 3.63. The fraction of sp³-hybridized carbons (Fsp3) is 0.333. The molecule has 2 aromatic carbocycles. The molecule has 0 fully saturated rings. The van der Waals surface area contributed by atoms with E-state index >= 15 is 0 Å². The second-order valence-corrected chi connectivity index (χ2v) is 9.84. The van der Waals surface area contributed by atoms with E-state index in [2.05, 4.69) is 73.8 Å². The maximum absolute atomic E-state index is 5.97. The van der Waals surface area contributed by atoms with Crippen molar-refractivity contribution in [1.29, 1.82) is 0 Å². The summed E-state index contributed by atoms with van der Waals surface area (Å²) in [5, 5.41) is 18.0. The highest BCUT2D eigenvalue weighted by atomic mass is 79.9. The number of rotatable bonds is 10. The SMILES string of the molecule is CCc1ccc(OCc2nnc(SCc3nnc(-c4ccc(Br)cc4)o3)n2CC(C)C)cc1. The van der Waals surface area contributed by atoms with Crippen molar-refractivity contribution in [2.45, 2.75) is 51.3 Å². The quantitative estimate of drug-likeness (QED) is 0.228. The van der Waals surface area contributed by atoms with Crippen molar-refractivity contribution in [2.75, 3.05) is 0 Å². The Labute approximate surface area is 206 Å². The van der Waals surface area contributed by atoms with Gasteiger partial charge in [-0.2, -0.15) is 0 Å². The zero-order valence-corrected chi connectivity index (χ0v) is 21.3. The Morgan fingerprint density at radius 1 is 1.00 bits per heavy atom. The van der Waals surface area contributed by atoms with Gasteiger partial charge >= 0.3 is 0 Å². The van der Waals surface area contributed by atoms with Gasteiger partial charge in [-0.25, -0.2) is 0 Å². The summed E-state index contributed by atoms with van der Waals surface area (Å²) in [6, 6.07) is 15.9. The predicted molar refractivity (Wildman–Crippen MR) is 132 cm³/mol. The normalized spacial score (nSPS) is 11.3. The summed E-state index contributed by atoms with van der Waals surface area (Å²) in [6.07, 6.45) is 1.01. The topological polar surface area (TPSA) is 78.9 Å². The highest BCUT2D eigenvalue weighted by Gasteiger charge is 2.16. The molecule has 0 aliphatic carbocycles. The average molecular weight is 528 g/mol. The third-order valence-corrected chi connectivity index (χ3v) is 6.40. The fourth-order valence-electron chi connectivity index (χ4n) is 3.20. The first-order valence-corrected chi connectivity index (χ1v) is 12.6. The molecule has 0 saturated carbocycles. The van der Waals surface area contributed by atoms with Crippen LogP contribution in [0.4, 0.5) is 0 Å². The molecule has 33 heavy (non-hydrogen) atoms.